The van der Waals surface area contributed by atoms with Gasteiger partial charge in [0.25, 0.3) is 10.0 Å². The second-order valence-electron chi connectivity index (χ2n) is 4.45. The number of rotatable bonds is 4. The fourth-order valence-corrected chi connectivity index (χ4v) is 4.27. The molecule has 0 saturated heterocycles. The molecule has 2 N–H and O–H groups in total. The van der Waals surface area contributed by atoms with Gasteiger partial charge in [-0.25, -0.2) is 8.42 Å². The first-order valence-electron chi connectivity index (χ1n) is 6.06. The van der Waals surface area contributed by atoms with E-state index in [0.717, 1.165) is 0 Å². The van der Waals surface area contributed by atoms with Gasteiger partial charge >= 0.3 is 0 Å². The minimum absolute atomic E-state index is 0.134. The van der Waals surface area contributed by atoms with Crippen molar-refractivity contribution in [3.63, 3.8) is 0 Å². The first-order valence-corrected chi connectivity index (χ1v) is 9.13. The van der Waals surface area contributed by atoms with Crippen LogP contribution in [0.5, 0.6) is 0 Å². The third kappa shape index (κ3) is 3.85. The summed E-state index contributed by atoms with van der Waals surface area (Å²) in [6, 6.07) is 11.4. The summed E-state index contributed by atoms with van der Waals surface area (Å²) in [7, 11) is -3.69. The largest absolute Gasteiger partial charge is 0.389 e. The summed E-state index contributed by atoms with van der Waals surface area (Å²) in [5, 5.41) is 9.45. The zero-order chi connectivity index (χ0) is 15.6. The number of para-hydroxylation sites is 1. The molecule has 0 bridgehead atoms. The van der Waals surface area contributed by atoms with E-state index in [0.29, 0.717) is 20.2 Å². The number of hydrogen-bond donors (Lipinski definition) is 2. The van der Waals surface area contributed by atoms with Crippen LogP contribution in [0.1, 0.15) is 18.6 Å². The monoisotopic (exact) mass is 433 g/mol. The van der Waals surface area contributed by atoms with Gasteiger partial charge in [-0.2, -0.15) is 0 Å². The quantitative estimate of drug-likeness (QED) is 0.762. The molecule has 0 aliphatic heterocycles. The van der Waals surface area contributed by atoms with Gasteiger partial charge in [-0.05, 0) is 68.6 Å². The van der Waals surface area contributed by atoms with Gasteiger partial charge in [0.1, 0.15) is 0 Å². The second kappa shape index (κ2) is 6.48. The Kier molecular flexibility index (Phi) is 5.08. The lowest BCUT2D eigenvalue weighted by molar-refractivity contribution is 0.199. The number of aliphatic hydroxyl groups is 1. The van der Waals surface area contributed by atoms with Gasteiger partial charge in [0.05, 0.1) is 16.7 Å². The molecule has 0 aromatic heterocycles. The molecule has 1 unspecified atom stereocenters. The molecule has 0 aliphatic rings. The molecule has 1 atom stereocenters. The Morgan fingerprint density at radius 3 is 2.05 bits per heavy atom. The summed E-state index contributed by atoms with van der Waals surface area (Å²) >= 11 is 6.63. The number of anilines is 1. The molecule has 2 rings (SSSR count). The van der Waals surface area contributed by atoms with Gasteiger partial charge in [-0.3, -0.25) is 4.72 Å². The number of hydrogen-bond acceptors (Lipinski definition) is 3. The molecule has 21 heavy (non-hydrogen) atoms. The van der Waals surface area contributed by atoms with Crippen LogP contribution in [0.2, 0.25) is 0 Å². The summed E-state index contributed by atoms with van der Waals surface area (Å²) in [5.41, 5.74) is 1.10. The van der Waals surface area contributed by atoms with Gasteiger partial charge in [-0.15, -0.1) is 0 Å². The highest BCUT2D eigenvalue weighted by molar-refractivity contribution is 9.11. The Bertz CT molecular complexity index is 723. The standard InChI is InChI=1S/C14H13Br2NO3S/c1-9(18)10-5-7-11(8-6-10)21(19,20)17-14-12(15)3-2-4-13(14)16/h2-9,17-18H,1H3. The first kappa shape index (κ1) is 16.5. The Labute approximate surface area is 140 Å². The van der Waals surface area contributed by atoms with Crippen LogP contribution in [0, 0.1) is 0 Å². The molecule has 112 valence electrons. The maximum absolute atomic E-state index is 12.4. The molecule has 0 aliphatic carbocycles. The van der Waals surface area contributed by atoms with Crippen LogP contribution in [0.25, 0.3) is 0 Å². The van der Waals surface area contributed by atoms with Crippen LogP contribution in [-0.2, 0) is 10.0 Å². The summed E-state index contributed by atoms with van der Waals surface area (Å²) in [4.78, 5) is 0.134. The van der Waals surface area contributed by atoms with Gasteiger partial charge in [-0.1, -0.05) is 18.2 Å². The minimum Gasteiger partial charge on any atom is -0.389 e. The molecule has 0 spiro atoms. The van der Waals surface area contributed by atoms with Crippen LogP contribution in [0.4, 0.5) is 5.69 Å². The van der Waals surface area contributed by atoms with Crippen molar-refractivity contribution in [3.05, 3.63) is 57.0 Å². The first-order chi connectivity index (χ1) is 9.81. The van der Waals surface area contributed by atoms with Crippen molar-refractivity contribution in [1.29, 1.82) is 0 Å². The van der Waals surface area contributed by atoms with Crippen molar-refractivity contribution < 1.29 is 13.5 Å². The lowest BCUT2D eigenvalue weighted by Crippen LogP contribution is -2.13. The molecule has 7 heteroatoms. The Morgan fingerprint density at radius 2 is 1.57 bits per heavy atom. The lowest BCUT2D eigenvalue weighted by Gasteiger charge is -2.12. The van der Waals surface area contributed by atoms with E-state index in [1.807, 2.05) is 0 Å². The zero-order valence-corrected chi connectivity index (χ0v) is 15.0. The maximum Gasteiger partial charge on any atom is 0.261 e. The number of halogens is 2. The lowest BCUT2D eigenvalue weighted by atomic mass is 10.1. The zero-order valence-electron chi connectivity index (χ0n) is 11.0. The summed E-state index contributed by atoms with van der Waals surface area (Å²) in [6.45, 7) is 1.62. The van der Waals surface area contributed by atoms with Crippen molar-refractivity contribution in [3.8, 4) is 0 Å². The third-order valence-corrected chi connectivity index (χ3v) is 5.56. The molecule has 0 heterocycles. The summed E-state index contributed by atoms with van der Waals surface area (Å²) in [5.74, 6) is 0. The van der Waals surface area contributed by atoms with Crippen molar-refractivity contribution in [2.24, 2.45) is 0 Å². The molecule has 0 fully saturated rings. The van der Waals surface area contributed by atoms with E-state index in [1.54, 1.807) is 37.3 Å². The fraction of sp³-hybridized carbons (Fsp3) is 0.143. The maximum atomic E-state index is 12.4. The molecule has 0 amide bonds. The minimum atomic E-state index is -3.69. The molecular weight excluding hydrogens is 422 g/mol. The molecular formula is C14H13Br2NO3S. The van der Waals surface area contributed by atoms with E-state index >= 15 is 0 Å². The van der Waals surface area contributed by atoms with E-state index in [-0.39, 0.29) is 4.90 Å². The summed E-state index contributed by atoms with van der Waals surface area (Å²) in [6.07, 6.45) is -0.632. The van der Waals surface area contributed by atoms with Gasteiger partial charge in [0, 0.05) is 8.95 Å². The molecule has 2 aromatic rings. The Hall–Kier alpha value is -0.890. The Balaban J connectivity index is 2.34. The van der Waals surface area contributed by atoms with Crippen LogP contribution < -0.4 is 4.72 Å². The number of aliphatic hydroxyl groups excluding tert-OH is 1. The highest BCUT2D eigenvalue weighted by atomic mass is 79.9. The van der Waals surface area contributed by atoms with Crippen molar-refractivity contribution in [1.82, 2.24) is 0 Å². The fourth-order valence-electron chi connectivity index (χ4n) is 1.71. The number of sulfonamides is 1. The predicted octanol–water partition coefficient (Wildman–Crippen LogP) is 4.07. The van der Waals surface area contributed by atoms with Crippen LogP contribution in [-0.4, -0.2) is 13.5 Å². The summed E-state index contributed by atoms with van der Waals surface area (Å²) < 4.78 is 28.6. The third-order valence-electron chi connectivity index (χ3n) is 2.87. The smallest absolute Gasteiger partial charge is 0.261 e. The van der Waals surface area contributed by atoms with Crippen LogP contribution in [0.15, 0.2) is 56.3 Å². The average molecular weight is 435 g/mol. The van der Waals surface area contributed by atoms with Crippen molar-refractivity contribution >= 4 is 47.6 Å². The molecule has 0 radical (unpaired) electrons. The van der Waals surface area contributed by atoms with Gasteiger partial charge < -0.3 is 5.11 Å². The highest BCUT2D eigenvalue weighted by Gasteiger charge is 2.17. The van der Waals surface area contributed by atoms with Gasteiger partial charge in [0.15, 0.2) is 0 Å². The van der Waals surface area contributed by atoms with Crippen molar-refractivity contribution in [2.75, 3.05) is 4.72 Å². The second-order valence-corrected chi connectivity index (χ2v) is 7.84. The van der Waals surface area contributed by atoms with Crippen LogP contribution in [0.3, 0.4) is 0 Å². The van der Waals surface area contributed by atoms with Gasteiger partial charge in [0.2, 0.25) is 0 Å². The number of benzene rings is 2. The van der Waals surface area contributed by atoms with Crippen LogP contribution >= 0.6 is 31.9 Å². The Morgan fingerprint density at radius 1 is 1.05 bits per heavy atom. The van der Waals surface area contributed by atoms with E-state index in [4.69, 9.17) is 0 Å². The average Bonchev–Trinajstić information content (AvgIpc) is 2.43. The topological polar surface area (TPSA) is 66.4 Å². The predicted molar refractivity (Wildman–Crippen MR) is 89.7 cm³/mol. The number of nitrogens with one attached hydrogen (secondary N) is 1. The van der Waals surface area contributed by atoms with E-state index < -0.39 is 16.1 Å². The normalized spacial score (nSPS) is 13.0. The van der Waals surface area contributed by atoms with E-state index in [9.17, 15) is 13.5 Å². The molecule has 4 nitrogen and oxygen atoms in total. The van der Waals surface area contributed by atoms with Crippen molar-refractivity contribution in [2.45, 2.75) is 17.9 Å². The molecule has 2 aromatic carbocycles. The van der Waals surface area contributed by atoms with E-state index in [1.165, 1.54) is 12.1 Å². The highest BCUT2D eigenvalue weighted by Crippen LogP contribution is 2.32. The van der Waals surface area contributed by atoms with E-state index in [2.05, 4.69) is 36.6 Å². The SMILES string of the molecule is CC(O)c1ccc(S(=O)(=O)Nc2c(Br)cccc2Br)cc1. The molecule has 0 saturated carbocycles.